The molecule has 1 atom stereocenters. The molecule has 0 saturated carbocycles. The van der Waals surface area contributed by atoms with Crippen molar-refractivity contribution >= 4 is 0 Å². The van der Waals surface area contributed by atoms with Gasteiger partial charge < -0.3 is 10.2 Å². The lowest BCUT2D eigenvalue weighted by Crippen LogP contribution is -2.43. The number of rotatable bonds is 8. The van der Waals surface area contributed by atoms with Crippen molar-refractivity contribution < 1.29 is 0 Å². The monoisotopic (exact) mass is 248 g/mol. The van der Waals surface area contributed by atoms with Crippen LogP contribution in [0.1, 0.15) is 32.8 Å². The van der Waals surface area contributed by atoms with Crippen molar-refractivity contribution in [1.29, 1.82) is 0 Å². The number of nitrogens with zero attached hydrogens (tertiary/aromatic N) is 1. The fourth-order valence-electron chi connectivity index (χ4n) is 2.14. The van der Waals surface area contributed by atoms with Crippen LogP contribution in [0.25, 0.3) is 0 Å². The van der Waals surface area contributed by atoms with Crippen LogP contribution in [-0.4, -0.2) is 31.1 Å². The normalized spacial score (nSPS) is 13.2. The van der Waals surface area contributed by atoms with Crippen molar-refractivity contribution in [2.45, 2.75) is 39.8 Å². The van der Waals surface area contributed by atoms with Crippen LogP contribution in [0.15, 0.2) is 30.3 Å². The van der Waals surface area contributed by atoms with Gasteiger partial charge in [0.2, 0.25) is 0 Å². The van der Waals surface area contributed by atoms with Crippen LogP contribution in [0.2, 0.25) is 0 Å². The second-order valence-corrected chi connectivity index (χ2v) is 5.49. The van der Waals surface area contributed by atoms with Crippen molar-refractivity contribution in [3.05, 3.63) is 35.9 Å². The summed E-state index contributed by atoms with van der Waals surface area (Å²) in [7, 11) is 2.20. The van der Waals surface area contributed by atoms with Crippen LogP contribution in [0, 0.1) is 5.92 Å². The zero-order chi connectivity index (χ0) is 13.4. The Hall–Kier alpha value is -0.860. The molecule has 0 saturated heterocycles. The Morgan fingerprint density at radius 3 is 2.39 bits per heavy atom. The summed E-state index contributed by atoms with van der Waals surface area (Å²) >= 11 is 0. The summed E-state index contributed by atoms with van der Waals surface area (Å²) in [5.41, 5.74) is 1.39. The van der Waals surface area contributed by atoms with Crippen molar-refractivity contribution in [3.63, 3.8) is 0 Å². The van der Waals surface area contributed by atoms with E-state index in [1.54, 1.807) is 0 Å². The van der Waals surface area contributed by atoms with E-state index in [9.17, 15) is 0 Å². The highest BCUT2D eigenvalue weighted by molar-refractivity contribution is 5.14. The molecule has 0 aliphatic heterocycles. The van der Waals surface area contributed by atoms with E-state index < -0.39 is 0 Å². The number of nitrogens with one attached hydrogen (secondary N) is 1. The second kappa shape index (κ2) is 8.28. The highest BCUT2D eigenvalue weighted by Gasteiger charge is 2.14. The molecule has 0 fully saturated rings. The second-order valence-electron chi connectivity index (χ2n) is 5.49. The minimum Gasteiger partial charge on any atom is -0.312 e. The highest BCUT2D eigenvalue weighted by Crippen LogP contribution is 2.07. The van der Waals surface area contributed by atoms with Crippen LogP contribution in [0.5, 0.6) is 0 Å². The Bertz CT molecular complexity index is 308. The first kappa shape index (κ1) is 15.2. The molecule has 1 rings (SSSR count). The van der Waals surface area contributed by atoms with Crippen molar-refractivity contribution in [1.82, 2.24) is 10.2 Å². The molecule has 1 aromatic carbocycles. The number of hydrogen-bond acceptors (Lipinski definition) is 2. The third-order valence-corrected chi connectivity index (χ3v) is 3.26. The van der Waals surface area contributed by atoms with E-state index in [0.717, 1.165) is 19.6 Å². The fourth-order valence-corrected chi connectivity index (χ4v) is 2.14. The van der Waals surface area contributed by atoms with Crippen LogP contribution in [-0.2, 0) is 6.54 Å². The topological polar surface area (TPSA) is 15.3 Å². The van der Waals surface area contributed by atoms with E-state index in [1.165, 1.54) is 12.0 Å². The van der Waals surface area contributed by atoms with Gasteiger partial charge in [0.1, 0.15) is 0 Å². The standard InChI is InChI=1S/C16H28N2/c1-5-11-17-16(14(2)3)13-18(4)12-15-9-7-6-8-10-15/h6-10,14,16-17H,5,11-13H2,1-4H3. The lowest BCUT2D eigenvalue weighted by Gasteiger charge is -2.28. The van der Waals surface area contributed by atoms with Gasteiger partial charge in [-0.15, -0.1) is 0 Å². The Labute approximate surface area is 112 Å². The minimum atomic E-state index is 0.582. The molecule has 0 heterocycles. The number of benzene rings is 1. The van der Waals surface area contributed by atoms with Crippen LogP contribution in [0.4, 0.5) is 0 Å². The summed E-state index contributed by atoms with van der Waals surface area (Å²) < 4.78 is 0. The Kier molecular flexibility index (Phi) is 6.99. The molecule has 0 aliphatic rings. The smallest absolute Gasteiger partial charge is 0.0231 e. The molecule has 0 amide bonds. The first-order chi connectivity index (χ1) is 8.63. The molecule has 0 spiro atoms. The Morgan fingerprint density at radius 1 is 1.17 bits per heavy atom. The van der Waals surface area contributed by atoms with Gasteiger partial charge in [-0.2, -0.15) is 0 Å². The molecule has 102 valence electrons. The Balaban J connectivity index is 2.43. The third-order valence-electron chi connectivity index (χ3n) is 3.26. The molecule has 0 bridgehead atoms. The average Bonchev–Trinajstić information content (AvgIpc) is 2.35. The predicted molar refractivity (Wildman–Crippen MR) is 79.7 cm³/mol. The lowest BCUT2D eigenvalue weighted by molar-refractivity contribution is 0.249. The zero-order valence-electron chi connectivity index (χ0n) is 12.3. The molecule has 18 heavy (non-hydrogen) atoms. The van der Waals surface area contributed by atoms with Gasteiger partial charge in [-0.05, 0) is 31.5 Å². The summed E-state index contributed by atoms with van der Waals surface area (Å²) in [5.74, 6) is 0.676. The summed E-state index contributed by atoms with van der Waals surface area (Å²) in [4.78, 5) is 2.41. The van der Waals surface area contributed by atoms with Crippen molar-refractivity contribution in [2.24, 2.45) is 5.92 Å². The van der Waals surface area contributed by atoms with E-state index in [1.807, 2.05) is 0 Å². The van der Waals surface area contributed by atoms with Crippen LogP contribution < -0.4 is 5.32 Å². The van der Waals surface area contributed by atoms with E-state index in [0.29, 0.717) is 12.0 Å². The molecule has 2 nitrogen and oxygen atoms in total. The van der Waals surface area contributed by atoms with Crippen molar-refractivity contribution in [2.75, 3.05) is 20.1 Å². The molecule has 1 aromatic rings. The fraction of sp³-hybridized carbons (Fsp3) is 0.625. The van der Waals surface area contributed by atoms with Gasteiger partial charge >= 0.3 is 0 Å². The summed E-state index contributed by atoms with van der Waals surface area (Å²) in [6.45, 7) is 10.1. The number of likely N-dealkylation sites (N-methyl/N-ethyl adjacent to an activating group) is 1. The zero-order valence-corrected chi connectivity index (χ0v) is 12.3. The molecular weight excluding hydrogens is 220 g/mol. The van der Waals surface area contributed by atoms with Crippen molar-refractivity contribution in [3.8, 4) is 0 Å². The summed E-state index contributed by atoms with van der Waals surface area (Å²) in [6, 6.07) is 11.3. The highest BCUT2D eigenvalue weighted by atomic mass is 15.1. The van der Waals surface area contributed by atoms with Gasteiger partial charge in [-0.25, -0.2) is 0 Å². The minimum absolute atomic E-state index is 0.582. The first-order valence-corrected chi connectivity index (χ1v) is 7.09. The molecule has 1 unspecified atom stereocenters. The van der Waals surface area contributed by atoms with Gasteiger partial charge in [0, 0.05) is 19.1 Å². The van der Waals surface area contributed by atoms with Gasteiger partial charge in [0.25, 0.3) is 0 Å². The molecule has 2 heteroatoms. The maximum absolute atomic E-state index is 3.64. The van der Waals surface area contributed by atoms with Gasteiger partial charge in [-0.1, -0.05) is 51.1 Å². The summed E-state index contributed by atoms with van der Waals surface area (Å²) in [5, 5.41) is 3.64. The predicted octanol–water partition coefficient (Wildman–Crippen LogP) is 3.14. The Morgan fingerprint density at radius 2 is 1.83 bits per heavy atom. The average molecular weight is 248 g/mol. The third kappa shape index (κ3) is 5.65. The molecule has 0 aliphatic carbocycles. The van der Waals surface area contributed by atoms with Crippen LogP contribution in [0.3, 0.4) is 0 Å². The SMILES string of the molecule is CCCNC(CN(C)Cc1ccccc1)C(C)C. The largest absolute Gasteiger partial charge is 0.312 e. The van der Waals surface area contributed by atoms with Gasteiger partial charge in [0.05, 0.1) is 0 Å². The maximum Gasteiger partial charge on any atom is 0.0231 e. The van der Waals surface area contributed by atoms with E-state index in [4.69, 9.17) is 0 Å². The van der Waals surface area contributed by atoms with Gasteiger partial charge in [-0.3, -0.25) is 0 Å². The van der Waals surface area contributed by atoms with Gasteiger partial charge in [0.15, 0.2) is 0 Å². The molecular formula is C16H28N2. The quantitative estimate of drug-likeness (QED) is 0.760. The first-order valence-electron chi connectivity index (χ1n) is 7.09. The summed E-state index contributed by atoms with van der Waals surface area (Å²) in [6.07, 6.45) is 1.20. The van der Waals surface area contributed by atoms with Crippen LogP contribution >= 0.6 is 0 Å². The van der Waals surface area contributed by atoms with E-state index >= 15 is 0 Å². The van der Waals surface area contributed by atoms with E-state index in [2.05, 4.69) is 68.4 Å². The lowest BCUT2D eigenvalue weighted by atomic mass is 10.0. The van der Waals surface area contributed by atoms with E-state index in [-0.39, 0.29) is 0 Å². The molecule has 1 N–H and O–H groups in total. The maximum atomic E-state index is 3.64. The molecule has 0 aromatic heterocycles. The molecule has 0 radical (unpaired) electrons. The number of hydrogen-bond donors (Lipinski definition) is 1.